The SMILES string of the molecule is Fc1nc(F)c(F)c(N(Cl)Cl)n1. The summed E-state index contributed by atoms with van der Waals surface area (Å²) >= 11 is 9.98. The number of anilines is 1. The van der Waals surface area contributed by atoms with Crippen molar-refractivity contribution in [3.8, 4) is 0 Å². The number of nitrogens with zero attached hydrogens (tertiary/aromatic N) is 3. The van der Waals surface area contributed by atoms with E-state index in [9.17, 15) is 13.2 Å². The van der Waals surface area contributed by atoms with E-state index in [4.69, 9.17) is 23.6 Å². The number of rotatable bonds is 1. The molecule has 1 heterocycles. The second-order valence-corrected chi connectivity index (χ2v) is 2.50. The van der Waals surface area contributed by atoms with Gasteiger partial charge in [0.15, 0.2) is 0 Å². The molecule has 0 aliphatic rings. The van der Waals surface area contributed by atoms with E-state index in [0.717, 1.165) is 0 Å². The maximum Gasteiger partial charge on any atom is 0.313 e. The number of hydrogen-bond acceptors (Lipinski definition) is 3. The maximum atomic E-state index is 12.6. The molecule has 0 fully saturated rings. The Kier molecular flexibility index (Phi) is 2.58. The van der Waals surface area contributed by atoms with Crippen molar-refractivity contribution in [2.75, 3.05) is 3.94 Å². The summed E-state index contributed by atoms with van der Waals surface area (Å²) in [5.74, 6) is -4.03. The van der Waals surface area contributed by atoms with E-state index in [0.29, 0.717) is 0 Å². The first-order valence-electron chi connectivity index (χ1n) is 2.52. The van der Waals surface area contributed by atoms with Crippen molar-refractivity contribution in [2.24, 2.45) is 0 Å². The molecule has 1 rings (SSSR count). The molecule has 3 nitrogen and oxygen atoms in total. The minimum Gasteiger partial charge on any atom is -0.198 e. The second-order valence-electron chi connectivity index (χ2n) is 1.65. The van der Waals surface area contributed by atoms with Crippen LogP contribution in [0.5, 0.6) is 0 Å². The average molecular weight is 218 g/mol. The van der Waals surface area contributed by atoms with E-state index >= 15 is 0 Å². The minimum atomic E-state index is -1.65. The van der Waals surface area contributed by atoms with Crippen molar-refractivity contribution in [1.82, 2.24) is 9.97 Å². The van der Waals surface area contributed by atoms with Crippen molar-refractivity contribution in [1.29, 1.82) is 0 Å². The molecule has 12 heavy (non-hydrogen) atoms. The topological polar surface area (TPSA) is 29.0 Å². The van der Waals surface area contributed by atoms with Crippen molar-refractivity contribution < 1.29 is 13.2 Å². The van der Waals surface area contributed by atoms with Crippen LogP contribution in [0.25, 0.3) is 0 Å². The minimum absolute atomic E-state index is 0.100. The molecular weight excluding hydrogens is 218 g/mol. The Labute approximate surface area is 75.0 Å². The molecule has 0 spiro atoms. The first-order valence-corrected chi connectivity index (χ1v) is 3.20. The average Bonchev–Trinajstić information content (AvgIpc) is 1.96. The zero-order valence-electron chi connectivity index (χ0n) is 5.23. The van der Waals surface area contributed by atoms with Gasteiger partial charge in [-0.15, -0.1) is 0 Å². The van der Waals surface area contributed by atoms with Gasteiger partial charge in [0.05, 0.1) is 0 Å². The van der Waals surface area contributed by atoms with Gasteiger partial charge in [-0.05, 0) is 0 Å². The van der Waals surface area contributed by atoms with Crippen LogP contribution in [0.15, 0.2) is 0 Å². The molecule has 0 N–H and O–H groups in total. The summed E-state index contributed by atoms with van der Waals surface area (Å²) < 4.78 is 37.1. The van der Waals surface area contributed by atoms with Crippen molar-refractivity contribution >= 4 is 29.4 Å². The zero-order valence-corrected chi connectivity index (χ0v) is 6.74. The Bertz CT molecular complexity index is 306. The molecular formula is C4Cl2F3N3. The molecule has 8 heteroatoms. The third-order valence-electron chi connectivity index (χ3n) is 0.926. The summed E-state index contributed by atoms with van der Waals surface area (Å²) in [7, 11) is 0. The van der Waals surface area contributed by atoms with E-state index in [1.165, 1.54) is 0 Å². The van der Waals surface area contributed by atoms with Gasteiger partial charge in [-0.2, -0.15) is 27.1 Å². The largest absolute Gasteiger partial charge is 0.313 e. The quantitative estimate of drug-likeness (QED) is 0.410. The van der Waals surface area contributed by atoms with Gasteiger partial charge in [0.25, 0.3) is 5.95 Å². The monoisotopic (exact) mass is 217 g/mol. The first-order chi connectivity index (χ1) is 5.52. The molecule has 1 aromatic heterocycles. The van der Waals surface area contributed by atoms with Crippen LogP contribution >= 0.6 is 23.6 Å². The molecule has 0 bridgehead atoms. The van der Waals surface area contributed by atoms with Crippen molar-refractivity contribution in [2.45, 2.75) is 0 Å². The van der Waals surface area contributed by atoms with E-state index in [2.05, 4.69) is 9.97 Å². The Morgan fingerprint density at radius 1 is 1.08 bits per heavy atom. The summed E-state index contributed by atoms with van der Waals surface area (Å²) in [5.41, 5.74) is 0. The van der Waals surface area contributed by atoms with Crippen LogP contribution in [0.1, 0.15) is 0 Å². The highest BCUT2D eigenvalue weighted by Crippen LogP contribution is 2.21. The molecule has 0 aliphatic heterocycles. The Balaban J connectivity index is 3.28. The third-order valence-corrected chi connectivity index (χ3v) is 1.25. The van der Waals surface area contributed by atoms with Crippen LogP contribution in [0, 0.1) is 17.8 Å². The fourth-order valence-electron chi connectivity index (χ4n) is 0.496. The molecule has 0 aromatic carbocycles. The molecule has 1 aromatic rings. The standard InChI is InChI=1S/C4Cl2F3N3/c5-12(6)3-1(7)2(8)10-4(9)11-3. The summed E-state index contributed by atoms with van der Waals surface area (Å²) in [4.78, 5) is 5.26. The summed E-state index contributed by atoms with van der Waals surface area (Å²) in [5, 5.41) is 0. The van der Waals surface area contributed by atoms with Gasteiger partial charge in [0, 0.05) is 23.6 Å². The predicted octanol–water partition coefficient (Wildman–Crippen LogP) is 2.01. The first kappa shape index (κ1) is 9.34. The van der Waals surface area contributed by atoms with Gasteiger partial charge in [-0.3, -0.25) is 0 Å². The molecule has 0 aliphatic carbocycles. The highest BCUT2D eigenvalue weighted by atomic mass is 35.5. The van der Waals surface area contributed by atoms with Crippen LogP contribution in [0.3, 0.4) is 0 Å². The molecule has 0 saturated heterocycles. The lowest BCUT2D eigenvalue weighted by Crippen LogP contribution is -2.06. The summed E-state index contributed by atoms with van der Waals surface area (Å²) in [6.45, 7) is 0. The van der Waals surface area contributed by atoms with Crippen LogP contribution in [0.2, 0.25) is 0 Å². The van der Waals surface area contributed by atoms with Gasteiger partial charge in [0.1, 0.15) is 0 Å². The van der Waals surface area contributed by atoms with Gasteiger partial charge in [-0.25, -0.2) is 0 Å². The number of hydrogen-bond donors (Lipinski definition) is 0. The Morgan fingerprint density at radius 3 is 2.17 bits per heavy atom. The highest BCUT2D eigenvalue weighted by Gasteiger charge is 2.17. The van der Waals surface area contributed by atoms with E-state index in [-0.39, 0.29) is 3.94 Å². The summed E-state index contributed by atoms with van der Waals surface area (Å²) in [6.07, 6.45) is -1.45. The molecule has 0 unspecified atom stereocenters. The zero-order chi connectivity index (χ0) is 9.30. The van der Waals surface area contributed by atoms with Crippen LogP contribution in [0.4, 0.5) is 19.0 Å². The smallest absolute Gasteiger partial charge is 0.198 e. The number of halogens is 5. The lowest BCUT2D eigenvalue weighted by Gasteiger charge is -2.04. The van der Waals surface area contributed by atoms with Gasteiger partial charge in [0.2, 0.25) is 11.6 Å². The van der Waals surface area contributed by atoms with Gasteiger partial charge in [-0.1, -0.05) is 0 Å². The van der Waals surface area contributed by atoms with Crippen molar-refractivity contribution in [3.63, 3.8) is 0 Å². The predicted molar refractivity (Wildman–Crippen MR) is 36.1 cm³/mol. The van der Waals surface area contributed by atoms with E-state index < -0.39 is 23.7 Å². The lowest BCUT2D eigenvalue weighted by atomic mass is 10.5. The van der Waals surface area contributed by atoms with Crippen LogP contribution < -0.4 is 3.94 Å². The summed E-state index contributed by atoms with van der Waals surface area (Å²) in [6, 6.07) is 0. The van der Waals surface area contributed by atoms with E-state index in [1.54, 1.807) is 0 Å². The lowest BCUT2D eigenvalue weighted by molar-refractivity contribution is 0.429. The molecule has 0 radical (unpaired) electrons. The Hall–Kier alpha value is -0.750. The molecule has 0 atom stereocenters. The molecule has 0 saturated carbocycles. The Morgan fingerprint density at radius 2 is 1.67 bits per heavy atom. The fraction of sp³-hybridized carbons (Fsp3) is 0. The number of aromatic nitrogens is 2. The van der Waals surface area contributed by atoms with Crippen molar-refractivity contribution in [3.05, 3.63) is 17.8 Å². The van der Waals surface area contributed by atoms with Crippen LogP contribution in [-0.4, -0.2) is 9.97 Å². The highest BCUT2D eigenvalue weighted by molar-refractivity contribution is 6.49. The van der Waals surface area contributed by atoms with Crippen LogP contribution in [-0.2, 0) is 0 Å². The third kappa shape index (κ3) is 1.70. The second kappa shape index (κ2) is 3.32. The molecule has 0 amide bonds. The maximum absolute atomic E-state index is 12.6. The van der Waals surface area contributed by atoms with Gasteiger partial charge >= 0.3 is 6.08 Å². The van der Waals surface area contributed by atoms with Gasteiger partial charge < -0.3 is 0 Å². The van der Waals surface area contributed by atoms with E-state index in [1.807, 2.05) is 0 Å². The fourth-order valence-corrected chi connectivity index (χ4v) is 0.720. The molecule has 66 valence electrons. The normalized spacial score (nSPS) is 10.1.